The van der Waals surface area contributed by atoms with E-state index < -0.39 is 0 Å². The molecule has 0 radical (unpaired) electrons. The fourth-order valence-electron chi connectivity index (χ4n) is 3.25. The van der Waals surface area contributed by atoms with Crippen LogP contribution in [0, 0.1) is 24.2 Å². The molecule has 1 aromatic carbocycles. The highest BCUT2D eigenvalue weighted by atomic mass is 16.4. The van der Waals surface area contributed by atoms with Gasteiger partial charge < -0.3 is 9.73 Å². The molecule has 0 bridgehead atoms. The summed E-state index contributed by atoms with van der Waals surface area (Å²) < 4.78 is 5.23. The Morgan fingerprint density at radius 2 is 2.08 bits per heavy atom. The zero-order valence-electron chi connectivity index (χ0n) is 14.8. The van der Waals surface area contributed by atoms with E-state index in [2.05, 4.69) is 49.3 Å². The lowest BCUT2D eigenvalue weighted by molar-refractivity contribution is -0.118. The second kappa shape index (κ2) is 5.89. The van der Waals surface area contributed by atoms with E-state index in [1.807, 2.05) is 25.1 Å². The van der Waals surface area contributed by atoms with Crippen molar-refractivity contribution in [2.24, 2.45) is 17.3 Å². The molecule has 1 amide bonds. The summed E-state index contributed by atoms with van der Waals surface area (Å²) in [5.41, 5.74) is 3.83. The van der Waals surface area contributed by atoms with Gasteiger partial charge >= 0.3 is 0 Å². The van der Waals surface area contributed by atoms with Crippen molar-refractivity contribution in [3.8, 4) is 11.5 Å². The van der Waals surface area contributed by atoms with Gasteiger partial charge in [-0.25, -0.2) is 0 Å². The molecular formula is C19H23N3O2. The molecule has 5 nitrogen and oxygen atoms in total. The summed E-state index contributed by atoms with van der Waals surface area (Å²) in [6.45, 7) is 10.4. The highest BCUT2D eigenvalue weighted by Gasteiger charge is 2.60. The first-order valence-electron chi connectivity index (χ1n) is 8.14. The number of hydrogen-bond donors (Lipinski definition) is 1. The minimum atomic E-state index is -0.00106. The van der Waals surface area contributed by atoms with Crippen LogP contribution >= 0.6 is 0 Å². The largest absolute Gasteiger partial charge is 0.423 e. The Morgan fingerprint density at radius 1 is 1.33 bits per heavy atom. The number of hydrogen-bond acceptors (Lipinski definition) is 4. The molecule has 1 N–H and O–H groups in total. The van der Waals surface area contributed by atoms with E-state index in [0.717, 1.165) is 16.8 Å². The Bertz CT molecular complexity index is 787. The Balaban J connectivity index is 1.80. The molecule has 0 aliphatic heterocycles. The Labute approximate surface area is 142 Å². The minimum Gasteiger partial charge on any atom is -0.423 e. The lowest BCUT2D eigenvalue weighted by Crippen LogP contribution is -2.17. The molecule has 1 saturated carbocycles. The Morgan fingerprint density at radius 3 is 2.71 bits per heavy atom. The third-order valence-corrected chi connectivity index (χ3v) is 4.81. The predicted octanol–water partition coefficient (Wildman–Crippen LogP) is 4.22. The summed E-state index contributed by atoms with van der Waals surface area (Å²) in [5.74, 6) is 0.800. The van der Waals surface area contributed by atoms with Crippen LogP contribution in [-0.4, -0.2) is 16.1 Å². The summed E-state index contributed by atoms with van der Waals surface area (Å²) in [6, 6.07) is 5.73. The zero-order chi connectivity index (χ0) is 17.5. The van der Waals surface area contributed by atoms with Gasteiger partial charge in [-0.05, 0) is 49.8 Å². The van der Waals surface area contributed by atoms with Crippen LogP contribution in [0.15, 0.2) is 40.7 Å². The Hall–Kier alpha value is -2.43. The normalized spacial score (nSPS) is 21.2. The molecule has 24 heavy (non-hydrogen) atoms. The number of nitrogens with zero attached hydrogens (tertiary/aromatic N) is 2. The first-order valence-corrected chi connectivity index (χ1v) is 8.14. The van der Waals surface area contributed by atoms with Crippen molar-refractivity contribution in [2.75, 3.05) is 5.32 Å². The van der Waals surface area contributed by atoms with Crippen LogP contribution in [0.2, 0.25) is 0 Å². The highest BCUT2D eigenvalue weighted by Crippen LogP contribution is 2.59. The molecule has 1 aromatic heterocycles. The summed E-state index contributed by atoms with van der Waals surface area (Å²) in [5, 5.41) is 10.7. The van der Waals surface area contributed by atoms with Gasteiger partial charge in [-0.3, -0.25) is 4.79 Å². The van der Waals surface area contributed by atoms with E-state index in [0.29, 0.717) is 11.8 Å². The van der Waals surface area contributed by atoms with E-state index in [1.165, 1.54) is 12.0 Å². The maximum atomic E-state index is 12.7. The quantitative estimate of drug-likeness (QED) is 0.855. The van der Waals surface area contributed by atoms with Crippen molar-refractivity contribution in [3.05, 3.63) is 41.8 Å². The molecule has 5 heteroatoms. The molecule has 2 aromatic rings. The molecule has 1 heterocycles. The van der Waals surface area contributed by atoms with Crippen LogP contribution in [0.25, 0.3) is 11.5 Å². The number of aromatic nitrogens is 2. The van der Waals surface area contributed by atoms with Crippen molar-refractivity contribution < 1.29 is 9.21 Å². The fraction of sp³-hybridized carbons (Fsp3) is 0.421. The van der Waals surface area contributed by atoms with E-state index >= 15 is 0 Å². The fourth-order valence-corrected chi connectivity index (χ4v) is 3.25. The van der Waals surface area contributed by atoms with Gasteiger partial charge in [-0.15, -0.1) is 10.2 Å². The standard InChI is InChI=1S/C19H23N3O2/c1-11(2)8-14-16(19(14,4)5)17(23)21-15-9-13(7-6-12(15)3)18-22-20-10-24-18/h6-10,14,16H,1-5H3,(H,21,23)/t14-,16+/m1/s1. The van der Waals surface area contributed by atoms with Crippen LogP contribution in [0.4, 0.5) is 5.69 Å². The zero-order valence-corrected chi connectivity index (χ0v) is 14.8. The molecule has 0 saturated heterocycles. The first-order chi connectivity index (χ1) is 11.3. The number of allylic oxidation sites excluding steroid dienone is 2. The third-order valence-electron chi connectivity index (χ3n) is 4.81. The third kappa shape index (κ3) is 2.98. The first kappa shape index (κ1) is 16.4. The van der Waals surface area contributed by atoms with Gasteiger partial charge in [0.15, 0.2) is 0 Å². The topological polar surface area (TPSA) is 68.0 Å². The van der Waals surface area contributed by atoms with Gasteiger partial charge in [0, 0.05) is 11.3 Å². The molecule has 3 rings (SSSR count). The molecule has 1 fully saturated rings. The van der Waals surface area contributed by atoms with Crippen LogP contribution in [-0.2, 0) is 4.79 Å². The average molecular weight is 325 g/mol. The maximum Gasteiger partial charge on any atom is 0.247 e. The van der Waals surface area contributed by atoms with E-state index in [4.69, 9.17) is 4.42 Å². The van der Waals surface area contributed by atoms with E-state index in [-0.39, 0.29) is 17.2 Å². The molecular weight excluding hydrogens is 302 g/mol. The Kier molecular flexibility index (Phi) is 4.03. The van der Waals surface area contributed by atoms with Crippen molar-refractivity contribution in [2.45, 2.75) is 34.6 Å². The molecule has 1 aliphatic rings. The highest BCUT2D eigenvalue weighted by molar-refractivity contribution is 5.96. The van der Waals surface area contributed by atoms with Crippen LogP contribution < -0.4 is 5.32 Å². The molecule has 2 atom stereocenters. The van der Waals surface area contributed by atoms with Crippen LogP contribution in [0.5, 0.6) is 0 Å². The summed E-state index contributed by atoms with van der Waals surface area (Å²) in [7, 11) is 0. The molecule has 0 unspecified atom stereocenters. The lowest BCUT2D eigenvalue weighted by atomic mass is 10.1. The summed E-state index contributed by atoms with van der Waals surface area (Å²) in [6.07, 6.45) is 3.50. The van der Waals surface area contributed by atoms with E-state index in [1.54, 1.807) is 0 Å². The molecule has 1 aliphatic carbocycles. The van der Waals surface area contributed by atoms with Crippen molar-refractivity contribution in [3.63, 3.8) is 0 Å². The summed E-state index contributed by atoms with van der Waals surface area (Å²) in [4.78, 5) is 12.7. The minimum absolute atomic E-state index is 0.000640. The number of carbonyl (C=O) groups is 1. The van der Waals surface area contributed by atoms with Crippen molar-refractivity contribution in [1.82, 2.24) is 10.2 Å². The van der Waals surface area contributed by atoms with Crippen molar-refractivity contribution >= 4 is 11.6 Å². The van der Waals surface area contributed by atoms with E-state index in [9.17, 15) is 4.79 Å². The molecule has 126 valence electrons. The summed E-state index contributed by atoms with van der Waals surface area (Å²) >= 11 is 0. The number of amides is 1. The second-order valence-electron chi connectivity index (χ2n) is 7.33. The van der Waals surface area contributed by atoms with Gasteiger partial charge in [0.1, 0.15) is 0 Å². The van der Waals surface area contributed by atoms with Gasteiger partial charge in [0.05, 0.1) is 5.92 Å². The van der Waals surface area contributed by atoms with Crippen LogP contribution in [0.3, 0.4) is 0 Å². The SMILES string of the molecule is CC(C)=C[C@@H]1[C@@H](C(=O)Nc2cc(-c3nnco3)ccc2C)C1(C)C. The van der Waals surface area contributed by atoms with Crippen molar-refractivity contribution in [1.29, 1.82) is 0 Å². The number of anilines is 1. The second-order valence-corrected chi connectivity index (χ2v) is 7.33. The van der Waals surface area contributed by atoms with Crippen LogP contribution in [0.1, 0.15) is 33.3 Å². The maximum absolute atomic E-state index is 12.7. The monoisotopic (exact) mass is 325 g/mol. The number of rotatable bonds is 4. The molecule has 0 spiro atoms. The van der Waals surface area contributed by atoms with Gasteiger partial charge in [0.2, 0.25) is 18.2 Å². The predicted molar refractivity (Wildman–Crippen MR) is 93.3 cm³/mol. The number of aryl methyl sites for hydroxylation is 1. The number of carbonyl (C=O) groups excluding carboxylic acids is 1. The van der Waals surface area contributed by atoms with Gasteiger partial charge in [-0.2, -0.15) is 0 Å². The average Bonchev–Trinajstić information content (AvgIpc) is 2.90. The lowest BCUT2D eigenvalue weighted by Gasteiger charge is -2.10. The number of nitrogens with one attached hydrogen (secondary N) is 1. The smallest absolute Gasteiger partial charge is 0.247 e. The number of benzene rings is 1. The van der Waals surface area contributed by atoms with Gasteiger partial charge in [0.25, 0.3) is 0 Å². The van der Waals surface area contributed by atoms with Gasteiger partial charge in [-0.1, -0.05) is 31.6 Å².